The molecule has 1 aromatic carbocycles. The van der Waals surface area contributed by atoms with Crippen LogP contribution in [0.25, 0.3) is 22.8 Å². The van der Waals surface area contributed by atoms with Crippen molar-refractivity contribution in [3.63, 3.8) is 0 Å². The standard InChI is InChI=1S/C16H12ClN7/c17-13-3-1-2-11(6-13)8-24-9-15(19-10-24)14-7-12(4-5-18-14)16-20-22-23-21-16/h1-7,9-10H,8H2,(H,20,21,22,23). The van der Waals surface area contributed by atoms with E-state index in [1.165, 1.54) is 0 Å². The molecule has 8 heteroatoms. The van der Waals surface area contributed by atoms with Crippen molar-refractivity contribution in [2.75, 3.05) is 0 Å². The van der Waals surface area contributed by atoms with Gasteiger partial charge < -0.3 is 4.57 Å². The summed E-state index contributed by atoms with van der Waals surface area (Å²) in [4.78, 5) is 8.80. The Morgan fingerprint density at radius 2 is 2.04 bits per heavy atom. The second kappa shape index (κ2) is 6.21. The minimum Gasteiger partial charge on any atom is -0.332 e. The lowest BCUT2D eigenvalue weighted by molar-refractivity contribution is 0.797. The van der Waals surface area contributed by atoms with Gasteiger partial charge in [0.15, 0.2) is 0 Å². The van der Waals surface area contributed by atoms with E-state index < -0.39 is 0 Å². The van der Waals surface area contributed by atoms with Crippen molar-refractivity contribution in [2.45, 2.75) is 6.54 Å². The average Bonchev–Trinajstić information content (AvgIpc) is 3.27. The van der Waals surface area contributed by atoms with Crippen molar-refractivity contribution in [3.05, 3.63) is 65.7 Å². The van der Waals surface area contributed by atoms with Crippen LogP contribution in [-0.4, -0.2) is 35.2 Å². The highest BCUT2D eigenvalue weighted by Gasteiger charge is 2.08. The van der Waals surface area contributed by atoms with Crippen LogP contribution in [0.5, 0.6) is 0 Å². The lowest BCUT2D eigenvalue weighted by Gasteiger charge is -2.02. The Kier molecular flexibility index (Phi) is 3.76. The van der Waals surface area contributed by atoms with Crippen molar-refractivity contribution in [1.29, 1.82) is 0 Å². The van der Waals surface area contributed by atoms with Crippen LogP contribution in [-0.2, 0) is 6.54 Å². The number of hydrogen-bond acceptors (Lipinski definition) is 5. The summed E-state index contributed by atoms with van der Waals surface area (Å²) in [6.07, 6.45) is 5.43. The van der Waals surface area contributed by atoms with E-state index >= 15 is 0 Å². The summed E-state index contributed by atoms with van der Waals surface area (Å²) < 4.78 is 1.99. The van der Waals surface area contributed by atoms with E-state index in [9.17, 15) is 0 Å². The molecule has 0 spiro atoms. The Morgan fingerprint density at radius 1 is 1.08 bits per heavy atom. The number of imidazole rings is 1. The van der Waals surface area contributed by atoms with Gasteiger partial charge in [-0.15, -0.1) is 10.2 Å². The minimum atomic E-state index is 0.525. The number of aromatic nitrogens is 7. The maximum Gasteiger partial charge on any atom is 0.204 e. The molecule has 0 unspecified atom stereocenters. The molecule has 0 aliphatic rings. The van der Waals surface area contributed by atoms with Crippen molar-refractivity contribution < 1.29 is 0 Å². The average molecular weight is 338 g/mol. The summed E-state index contributed by atoms with van der Waals surface area (Å²) >= 11 is 6.02. The number of tetrazole rings is 1. The van der Waals surface area contributed by atoms with Crippen molar-refractivity contribution in [2.24, 2.45) is 0 Å². The van der Waals surface area contributed by atoms with Crippen LogP contribution in [0.4, 0.5) is 0 Å². The molecule has 0 atom stereocenters. The highest BCUT2D eigenvalue weighted by atomic mass is 35.5. The zero-order valence-corrected chi connectivity index (χ0v) is 13.2. The van der Waals surface area contributed by atoms with E-state index in [0.29, 0.717) is 12.4 Å². The Labute approximate surface area is 142 Å². The smallest absolute Gasteiger partial charge is 0.204 e. The molecule has 1 N–H and O–H groups in total. The first-order valence-electron chi connectivity index (χ1n) is 7.24. The second-order valence-electron chi connectivity index (χ2n) is 5.23. The van der Waals surface area contributed by atoms with Crippen molar-refractivity contribution in [1.82, 2.24) is 35.2 Å². The minimum absolute atomic E-state index is 0.525. The molecule has 0 fully saturated rings. The molecule has 0 bridgehead atoms. The molecule has 0 aliphatic carbocycles. The number of hydrogen-bond donors (Lipinski definition) is 1. The number of nitrogens with zero attached hydrogens (tertiary/aromatic N) is 6. The number of H-pyrrole nitrogens is 1. The third-order valence-corrected chi connectivity index (χ3v) is 3.75. The highest BCUT2D eigenvalue weighted by molar-refractivity contribution is 6.30. The van der Waals surface area contributed by atoms with Crippen LogP contribution in [0.15, 0.2) is 55.1 Å². The van der Waals surface area contributed by atoms with Gasteiger partial charge in [0.25, 0.3) is 0 Å². The molecule has 118 valence electrons. The van der Waals surface area contributed by atoms with Crippen molar-refractivity contribution in [3.8, 4) is 22.8 Å². The summed E-state index contributed by atoms with van der Waals surface area (Å²) in [5.74, 6) is 0.525. The summed E-state index contributed by atoms with van der Waals surface area (Å²) in [6, 6.07) is 11.5. The number of rotatable bonds is 4. The van der Waals surface area contributed by atoms with Crippen LogP contribution >= 0.6 is 11.6 Å². The Morgan fingerprint density at radius 3 is 2.88 bits per heavy atom. The normalized spacial score (nSPS) is 10.9. The number of pyridine rings is 1. The fraction of sp³-hybridized carbons (Fsp3) is 0.0625. The summed E-state index contributed by atoms with van der Waals surface area (Å²) in [6.45, 7) is 0.693. The van der Waals surface area contributed by atoms with E-state index in [4.69, 9.17) is 11.6 Å². The Bertz CT molecular complexity index is 962. The fourth-order valence-electron chi connectivity index (χ4n) is 2.42. The topological polar surface area (TPSA) is 85.2 Å². The van der Waals surface area contributed by atoms with Crippen LogP contribution in [0.2, 0.25) is 5.02 Å². The molecule has 3 aromatic heterocycles. The molecule has 0 amide bonds. The first-order valence-corrected chi connectivity index (χ1v) is 7.62. The summed E-state index contributed by atoms with van der Waals surface area (Å²) in [5.41, 5.74) is 3.47. The molecule has 3 heterocycles. The molecule has 0 saturated heterocycles. The third kappa shape index (κ3) is 3.02. The maximum atomic E-state index is 6.02. The molecule has 0 aliphatic heterocycles. The monoisotopic (exact) mass is 337 g/mol. The SMILES string of the molecule is Clc1cccc(Cn2cnc(-c3cc(-c4nn[nH]n4)ccn3)c2)c1. The van der Waals surface area contributed by atoms with Gasteiger partial charge in [0.2, 0.25) is 5.82 Å². The number of aromatic amines is 1. The van der Waals surface area contributed by atoms with E-state index in [0.717, 1.165) is 27.5 Å². The predicted octanol–water partition coefficient (Wildman–Crippen LogP) is 2.83. The maximum absolute atomic E-state index is 6.02. The quantitative estimate of drug-likeness (QED) is 0.619. The Hall–Kier alpha value is -3.06. The van der Waals surface area contributed by atoms with Gasteiger partial charge in [-0.25, -0.2) is 4.98 Å². The highest BCUT2D eigenvalue weighted by Crippen LogP contribution is 2.21. The zero-order chi connectivity index (χ0) is 16.4. The molecule has 24 heavy (non-hydrogen) atoms. The molecule has 4 aromatic rings. The third-order valence-electron chi connectivity index (χ3n) is 3.51. The largest absolute Gasteiger partial charge is 0.332 e. The van der Waals surface area contributed by atoms with Crippen LogP contribution in [0.3, 0.4) is 0 Å². The molecule has 0 saturated carbocycles. The van der Waals surface area contributed by atoms with E-state index in [1.807, 2.05) is 47.2 Å². The summed E-state index contributed by atoms with van der Waals surface area (Å²) in [7, 11) is 0. The molecule has 4 rings (SSSR count). The van der Waals surface area contributed by atoms with Gasteiger partial charge in [0.1, 0.15) is 5.69 Å². The first-order chi connectivity index (χ1) is 11.8. The van der Waals surface area contributed by atoms with E-state index in [1.54, 1.807) is 12.5 Å². The van der Waals surface area contributed by atoms with Gasteiger partial charge in [-0.05, 0) is 35.0 Å². The second-order valence-corrected chi connectivity index (χ2v) is 5.66. The van der Waals surface area contributed by atoms with Crippen LogP contribution in [0, 0.1) is 0 Å². The van der Waals surface area contributed by atoms with Gasteiger partial charge in [0, 0.05) is 29.5 Å². The molecule has 7 nitrogen and oxygen atoms in total. The van der Waals surface area contributed by atoms with Gasteiger partial charge >= 0.3 is 0 Å². The van der Waals surface area contributed by atoms with Crippen LogP contribution in [0.1, 0.15) is 5.56 Å². The van der Waals surface area contributed by atoms with Gasteiger partial charge in [0.05, 0.1) is 12.0 Å². The zero-order valence-electron chi connectivity index (χ0n) is 12.5. The molecular formula is C16H12ClN7. The van der Waals surface area contributed by atoms with Gasteiger partial charge in [-0.1, -0.05) is 23.7 Å². The van der Waals surface area contributed by atoms with Crippen molar-refractivity contribution >= 4 is 11.6 Å². The van der Waals surface area contributed by atoms with Crippen LogP contribution < -0.4 is 0 Å². The van der Waals surface area contributed by atoms with E-state index in [-0.39, 0.29) is 0 Å². The molecule has 0 radical (unpaired) electrons. The van der Waals surface area contributed by atoms with Gasteiger partial charge in [-0.3, -0.25) is 4.98 Å². The number of nitrogens with one attached hydrogen (secondary N) is 1. The number of benzene rings is 1. The lowest BCUT2D eigenvalue weighted by Crippen LogP contribution is -1.95. The Balaban J connectivity index is 1.60. The lowest BCUT2D eigenvalue weighted by atomic mass is 10.2. The first kappa shape index (κ1) is 14.5. The molecular weight excluding hydrogens is 326 g/mol. The fourth-order valence-corrected chi connectivity index (χ4v) is 2.63. The predicted molar refractivity (Wildman–Crippen MR) is 89.2 cm³/mol. The number of halogens is 1. The van der Waals surface area contributed by atoms with Gasteiger partial charge in [-0.2, -0.15) is 5.21 Å². The van der Waals surface area contributed by atoms with E-state index in [2.05, 4.69) is 30.6 Å². The summed E-state index contributed by atoms with van der Waals surface area (Å²) in [5, 5.41) is 14.7.